The van der Waals surface area contributed by atoms with Crippen molar-refractivity contribution in [3.05, 3.63) is 108 Å². The van der Waals surface area contributed by atoms with Gasteiger partial charge in [-0.2, -0.15) is 0 Å². The summed E-state index contributed by atoms with van der Waals surface area (Å²) in [6, 6.07) is 27.1. The van der Waals surface area contributed by atoms with Gasteiger partial charge in [0, 0.05) is 16.7 Å². The van der Waals surface area contributed by atoms with Crippen LogP contribution in [0.3, 0.4) is 0 Å². The van der Waals surface area contributed by atoms with Crippen molar-refractivity contribution in [1.29, 1.82) is 0 Å². The first-order chi connectivity index (χ1) is 11.7. The zero-order valence-corrected chi connectivity index (χ0v) is 13.0. The molecular formula is C22H16O2. The Morgan fingerprint density at radius 3 is 1.58 bits per heavy atom. The molecular weight excluding hydrogens is 296 g/mol. The van der Waals surface area contributed by atoms with E-state index < -0.39 is 5.60 Å². The molecule has 2 nitrogen and oxygen atoms in total. The maximum atomic E-state index is 12.3. The summed E-state index contributed by atoms with van der Waals surface area (Å²) in [6.45, 7) is 0. The highest BCUT2D eigenvalue weighted by Crippen LogP contribution is 2.28. The molecule has 0 spiro atoms. The van der Waals surface area contributed by atoms with Crippen LogP contribution in [0.15, 0.2) is 91.0 Å². The van der Waals surface area contributed by atoms with Crippen molar-refractivity contribution >= 4 is 5.78 Å². The van der Waals surface area contributed by atoms with E-state index >= 15 is 0 Å². The van der Waals surface area contributed by atoms with Gasteiger partial charge in [0.15, 0.2) is 5.60 Å². The van der Waals surface area contributed by atoms with Crippen molar-refractivity contribution in [3.63, 3.8) is 0 Å². The number of Topliss-reactive ketones (excluding diaryl/α,β-unsaturated/α-hetero) is 1. The van der Waals surface area contributed by atoms with E-state index in [0.29, 0.717) is 16.7 Å². The Kier molecular flexibility index (Phi) is 4.56. The molecule has 116 valence electrons. The standard InChI is InChI=1S/C22H16O2/c23-21(18-10-4-1-5-11-18)16-17-22(24,19-12-6-2-7-13-19)20-14-8-3-9-15-20/h1-15,24H. The Morgan fingerprint density at radius 1 is 0.708 bits per heavy atom. The predicted molar refractivity (Wildman–Crippen MR) is 94.4 cm³/mol. The van der Waals surface area contributed by atoms with Crippen LogP contribution in [-0.4, -0.2) is 10.9 Å². The lowest BCUT2D eigenvalue weighted by atomic mass is 9.86. The average Bonchev–Trinajstić information content (AvgIpc) is 2.68. The lowest BCUT2D eigenvalue weighted by Crippen LogP contribution is -2.25. The zero-order valence-electron chi connectivity index (χ0n) is 13.0. The van der Waals surface area contributed by atoms with Gasteiger partial charge in [0.1, 0.15) is 0 Å². The molecule has 0 fully saturated rings. The van der Waals surface area contributed by atoms with Crippen molar-refractivity contribution in [1.82, 2.24) is 0 Å². The fourth-order valence-corrected chi connectivity index (χ4v) is 2.48. The molecule has 2 heteroatoms. The summed E-state index contributed by atoms with van der Waals surface area (Å²) in [5.41, 5.74) is 0.232. The van der Waals surface area contributed by atoms with Gasteiger partial charge in [-0.1, -0.05) is 91.0 Å². The van der Waals surface area contributed by atoms with Crippen LogP contribution in [0.4, 0.5) is 0 Å². The molecule has 3 aromatic carbocycles. The molecule has 0 saturated heterocycles. The number of hydrogen-bond donors (Lipinski definition) is 1. The molecule has 0 heterocycles. The van der Waals surface area contributed by atoms with Gasteiger partial charge in [0.2, 0.25) is 5.78 Å². The van der Waals surface area contributed by atoms with Gasteiger partial charge in [-0.25, -0.2) is 0 Å². The second-order valence-electron chi connectivity index (χ2n) is 5.39. The SMILES string of the molecule is O=C(C#CC(O)(c1ccccc1)c1ccccc1)c1ccccc1. The van der Waals surface area contributed by atoms with Crippen LogP contribution < -0.4 is 0 Å². The molecule has 0 unspecified atom stereocenters. The van der Waals surface area contributed by atoms with Crippen LogP contribution in [0, 0.1) is 11.8 Å². The average molecular weight is 312 g/mol. The Hall–Kier alpha value is -3.15. The fourth-order valence-electron chi connectivity index (χ4n) is 2.48. The van der Waals surface area contributed by atoms with Crippen molar-refractivity contribution in [2.75, 3.05) is 0 Å². The Labute approximate surface area is 141 Å². The van der Waals surface area contributed by atoms with Gasteiger partial charge in [-0.05, 0) is 11.8 Å². The molecule has 0 aliphatic heterocycles. The molecule has 1 N–H and O–H groups in total. The second kappa shape index (κ2) is 6.95. The Balaban J connectivity index is 2.05. The van der Waals surface area contributed by atoms with Crippen molar-refractivity contribution in [2.45, 2.75) is 5.60 Å². The van der Waals surface area contributed by atoms with Crippen LogP contribution in [-0.2, 0) is 5.60 Å². The maximum absolute atomic E-state index is 12.3. The molecule has 0 atom stereocenters. The first-order valence-electron chi connectivity index (χ1n) is 7.66. The van der Waals surface area contributed by atoms with E-state index in [1.54, 1.807) is 48.5 Å². The summed E-state index contributed by atoms with van der Waals surface area (Å²) >= 11 is 0. The minimum absolute atomic E-state index is 0.319. The maximum Gasteiger partial charge on any atom is 0.236 e. The topological polar surface area (TPSA) is 37.3 Å². The van der Waals surface area contributed by atoms with Crippen LogP contribution in [0.1, 0.15) is 21.5 Å². The van der Waals surface area contributed by atoms with Gasteiger partial charge < -0.3 is 5.11 Å². The zero-order chi connectivity index (χ0) is 16.8. The highest BCUT2D eigenvalue weighted by molar-refractivity contribution is 6.09. The van der Waals surface area contributed by atoms with Gasteiger partial charge in [0.25, 0.3) is 0 Å². The number of aliphatic hydroxyl groups is 1. The summed E-state index contributed by atoms with van der Waals surface area (Å²) in [6.07, 6.45) is 0. The molecule has 24 heavy (non-hydrogen) atoms. The monoisotopic (exact) mass is 312 g/mol. The lowest BCUT2D eigenvalue weighted by Gasteiger charge is -2.23. The largest absolute Gasteiger partial charge is 0.369 e. The van der Waals surface area contributed by atoms with E-state index in [1.165, 1.54) is 0 Å². The van der Waals surface area contributed by atoms with Crippen molar-refractivity contribution in [3.8, 4) is 11.8 Å². The highest BCUT2D eigenvalue weighted by atomic mass is 16.3. The summed E-state index contributed by atoms with van der Waals surface area (Å²) in [5.74, 6) is 5.06. The molecule has 0 aliphatic rings. The Bertz CT molecular complexity index is 833. The molecule has 3 aromatic rings. The van der Waals surface area contributed by atoms with Gasteiger partial charge >= 0.3 is 0 Å². The van der Waals surface area contributed by atoms with Gasteiger partial charge in [0.05, 0.1) is 0 Å². The first kappa shape index (κ1) is 15.7. The van der Waals surface area contributed by atoms with Gasteiger partial charge in [-0.3, -0.25) is 4.79 Å². The molecule has 0 aromatic heterocycles. The van der Waals surface area contributed by atoms with E-state index in [4.69, 9.17) is 0 Å². The number of carbonyl (C=O) groups is 1. The van der Waals surface area contributed by atoms with Crippen LogP contribution in [0.25, 0.3) is 0 Å². The van der Waals surface area contributed by atoms with E-state index in [1.807, 2.05) is 42.5 Å². The molecule has 0 aliphatic carbocycles. The van der Waals surface area contributed by atoms with Crippen LogP contribution in [0.2, 0.25) is 0 Å². The fraction of sp³-hybridized carbons (Fsp3) is 0.0455. The number of ketones is 1. The van der Waals surface area contributed by atoms with E-state index in [-0.39, 0.29) is 5.78 Å². The summed E-state index contributed by atoms with van der Waals surface area (Å²) in [7, 11) is 0. The van der Waals surface area contributed by atoms with Crippen LogP contribution >= 0.6 is 0 Å². The molecule has 0 radical (unpaired) electrons. The highest BCUT2D eigenvalue weighted by Gasteiger charge is 2.29. The van der Waals surface area contributed by atoms with E-state index in [2.05, 4.69) is 11.8 Å². The minimum Gasteiger partial charge on any atom is -0.369 e. The number of rotatable bonds is 3. The lowest BCUT2D eigenvalue weighted by molar-refractivity contribution is 0.105. The van der Waals surface area contributed by atoms with Gasteiger partial charge in [-0.15, -0.1) is 0 Å². The smallest absolute Gasteiger partial charge is 0.236 e. The van der Waals surface area contributed by atoms with Crippen molar-refractivity contribution in [2.24, 2.45) is 0 Å². The summed E-state index contributed by atoms with van der Waals surface area (Å²) < 4.78 is 0. The summed E-state index contributed by atoms with van der Waals surface area (Å²) in [4.78, 5) is 12.3. The third kappa shape index (κ3) is 3.27. The molecule has 3 rings (SSSR count). The summed E-state index contributed by atoms with van der Waals surface area (Å²) in [5, 5.41) is 11.2. The minimum atomic E-state index is -1.53. The predicted octanol–water partition coefficient (Wildman–Crippen LogP) is 3.81. The normalized spacial score (nSPS) is 10.5. The third-order valence-electron chi connectivity index (χ3n) is 3.78. The molecule has 0 saturated carbocycles. The number of hydrogen-bond acceptors (Lipinski definition) is 2. The Morgan fingerprint density at radius 2 is 1.12 bits per heavy atom. The molecule has 0 amide bonds. The van der Waals surface area contributed by atoms with E-state index in [9.17, 15) is 9.90 Å². The van der Waals surface area contributed by atoms with Crippen LogP contribution in [0.5, 0.6) is 0 Å². The third-order valence-corrected chi connectivity index (χ3v) is 3.78. The quantitative estimate of drug-likeness (QED) is 0.454. The molecule has 0 bridgehead atoms. The number of carbonyl (C=O) groups excluding carboxylic acids is 1. The number of benzene rings is 3. The first-order valence-corrected chi connectivity index (χ1v) is 7.66. The van der Waals surface area contributed by atoms with Crippen molar-refractivity contribution < 1.29 is 9.90 Å². The van der Waals surface area contributed by atoms with E-state index in [0.717, 1.165) is 0 Å². The second-order valence-corrected chi connectivity index (χ2v) is 5.39.